The SMILES string of the molecule is CCCNC(=O)[C@@H](C)N(Cc1ccc(F)cc1)C(=O)CN(c1ccccc1OC)S(C)(=O)=O. The molecule has 0 fully saturated rings. The van der Waals surface area contributed by atoms with E-state index in [-0.39, 0.29) is 23.9 Å². The summed E-state index contributed by atoms with van der Waals surface area (Å²) in [5.41, 5.74) is 0.809. The number of hydrogen-bond donors (Lipinski definition) is 1. The largest absolute Gasteiger partial charge is 0.495 e. The number of nitrogens with one attached hydrogen (secondary N) is 1. The van der Waals surface area contributed by atoms with Crippen LogP contribution < -0.4 is 14.4 Å². The average molecular weight is 480 g/mol. The molecule has 1 atom stereocenters. The second-order valence-corrected chi connectivity index (χ2v) is 9.46. The van der Waals surface area contributed by atoms with E-state index in [0.29, 0.717) is 12.1 Å². The molecule has 1 N–H and O–H groups in total. The van der Waals surface area contributed by atoms with E-state index in [1.54, 1.807) is 25.1 Å². The zero-order chi connectivity index (χ0) is 24.6. The number of hydrogen-bond acceptors (Lipinski definition) is 5. The first-order valence-electron chi connectivity index (χ1n) is 10.5. The first-order chi connectivity index (χ1) is 15.6. The topological polar surface area (TPSA) is 96.0 Å². The Hall–Kier alpha value is -3.14. The lowest BCUT2D eigenvalue weighted by Crippen LogP contribution is -2.51. The summed E-state index contributed by atoms with van der Waals surface area (Å²) in [6.07, 6.45) is 1.72. The first-order valence-corrected chi connectivity index (χ1v) is 12.4. The highest BCUT2D eigenvalue weighted by Crippen LogP contribution is 2.29. The van der Waals surface area contributed by atoms with Crippen LogP contribution in [-0.2, 0) is 26.2 Å². The summed E-state index contributed by atoms with van der Waals surface area (Å²) in [7, 11) is -2.46. The van der Waals surface area contributed by atoms with Crippen molar-refractivity contribution in [3.63, 3.8) is 0 Å². The zero-order valence-electron chi connectivity index (χ0n) is 19.2. The van der Waals surface area contributed by atoms with Gasteiger partial charge in [0.2, 0.25) is 21.8 Å². The van der Waals surface area contributed by atoms with E-state index in [0.717, 1.165) is 17.0 Å². The molecular formula is C23H30FN3O5S. The van der Waals surface area contributed by atoms with E-state index in [1.807, 2.05) is 6.92 Å². The normalized spacial score (nSPS) is 12.0. The van der Waals surface area contributed by atoms with Gasteiger partial charge in [-0.1, -0.05) is 31.2 Å². The summed E-state index contributed by atoms with van der Waals surface area (Å²) in [6.45, 7) is 3.39. The molecule has 33 heavy (non-hydrogen) atoms. The molecule has 0 unspecified atom stereocenters. The Bertz CT molecular complexity index is 1060. The summed E-state index contributed by atoms with van der Waals surface area (Å²) < 4.78 is 44.7. The van der Waals surface area contributed by atoms with E-state index < -0.39 is 34.3 Å². The second-order valence-electron chi connectivity index (χ2n) is 7.56. The maximum absolute atomic E-state index is 13.4. The minimum Gasteiger partial charge on any atom is -0.495 e. The quantitative estimate of drug-likeness (QED) is 0.534. The Kier molecular flexibility index (Phi) is 9.22. The smallest absolute Gasteiger partial charge is 0.244 e. The highest BCUT2D eigenvalue weighted by Gasteiger charge is 2.30. The van der Waals surface area contributed by atoms with Crippen LogP contribution in [0.25, 0.3) is 0 Å². The standard InChI is InChI=1S/C23H30FN3O5S/c1-5-14-25-23(29)17(2)26(15-18-10-12-19(24)13-11-18)22(28)16-27(33(4,30)31)20-8-6-7-9-21(20)32-3/h6-13,17H,5,14-16H2,1-4H3,(H,25,29)/t17-/m1/s1. The number of amides is 2. The number of nitrogens with zero attached hydrogens (tertiary/aromatic N) is 2. The molecule has 0 aliphatic carbocycles. The number of carbonyl (C=O) groups is 2. The molecule has 0 saturated carbocycles. The van der Waals surface area contributed by atoms with Gasteiger partial charge in [0.15, 0.2) is 0 Å². The molecule has 2 amide bonds. The van der Waals surface area contributed by atoms with Gasteiger partial charge < -0.3 is 15.0 Å². The lowest BCUT2D eigenvalue weighted by atomic mass is 10.1. The van der Waals surface area contributed by atoms with Crippen molar-refractivity contribution < 1.29 is 27.1 Å². The molecule has 0 aliphatic heterocycles. The average Bonchev–Trinajstić information content (AvgIpc) is 2.79. The molecule has 2 rings (SSSR count). The highest BCUT2D eigenvalue weighted by atomic mass is 32.2. The van der Waals surface area contributed by atoms with Crippen LogP contribution in [0.3, 0.4) is 0 Å². The number of rotatable bonds is 11. The number of anilines is 1. The van der Waals surface area contributed by atoms with Gasteiger partial charge in [0.05, 0.1) is 19.1 Å². The predicted octanol–water partition coefficient (Wildman–Crippen LogP) is 2.54. The molecule has 0 saturated heterocycles. The summed E-state index contributed by atoms with van der Waals surface area (Å²) in [5, 5.41) is 2.75. The van der Waals surface area contributed by atoms with Crippen molar-refractivity contribution in [1.29, 1.82) is 0 Å². The fraction of sp³-hybridized carbons (Fsp3) is 0.391. The van der Waals surface area contributed by atoms with Crippen LogP contribution in [0, 0.1) is 5.82 Å². The third-order valence-corrected chi connectivity index (χ3v) is 6.14. The van der Waals surface area contributed by atoms with Gasteiger partial charge >= 0.3 is 0 Å². The van der Waals surface area contributed by atoms with Gasteiger partial charge in [-0.15, -0.1) is 0 Å². The van der Waals surface area contributed by atoms with Crippen LogP contribution in [0.5, 0.6) is 5.75 Å². The van der Waals surface area contributed by atoms with Crippen LogP contribution in [0.2, 0.25) is 0 Å². The molecule has 0 aliphatic rings. The Morgan fingerprint density at radius 2 is 1.76 bits per heavy atom. The van der Waals surface area contributed by atoms with Crippen molar-refractivity contribution in [3.05, 3.63) is 59.9 Å². The van der Waals surface area contributed by atoms with E-state index in [2.05, 4.69) is 5.32 Å². The molecule has 0 radical (unpaired) electrons. The second kappa shape index (κ2) is 11.6. The van der Waals surface area contributed by atoms with E-state index in [1.165, 1.54) is 42.3 Å². The van der Waals surface area contributed by atoms with Gasteiger partial charge in [-0.25, -0.2) is 12.8 Å². The van der Waals surface area contributed by atoms with Crippen LogP contribution in [-0.4, -0.2) is 57.6 Å². The zero-order valence-corrected chi connectivity index (χ0v) is 20.1. The summed E-state index contributed by atoms with van der Waals surface area (Å²) >= 11 is 0. The minimum atomic E-state index is -3.86. The lowest BCUT2D eigenvalue weighted by Gasteiger charge is -2.31. The molecule has 10 heteroatoms. The molecule has 0 aromatic heterocycles. The van der Waals surface area contributed by atoms with Crippen molar-refractivity contribution >= 4 is 27.5 Å². The van der Waals surface area contributed by atoms with Crippen molar-refractivity contribution in [2.45, 2.75) is 32.9 Å². The van der Waals surface area contributed by atoms with Crippen LogP contribution in [0.4, 0.5) is 10.1 Å². The molecule has 180 valence electrons. The fourth-order valence-electron chi connectivity index (χ4n) is 3.20. The number of sulfonamides is 1. The summed E-state index contributed by atoms with van der Waals surface area (Å²) in [5.74, 6) is -1.09. The van der Waals surface area contributed by atoms with Crippen LogP contribution >= 0.6 is 0 Å². The van der Waals surface area contributed by atoms with Crippen LogP contribution in [0.15, 0.2) is 48.5 Å². The Balaban J connectivity index is 2.39. The number of benzene rings is 2. The van der Waals surface area contributed by atoms with Crippen LogP contribution in [0.1, 0.15) is 25.8 Å². The summed E-state index contributed by atoms with van der Waals surface area (Å²) in [6, 6.07) is 11.1. The molecule has 0 spiro atoms. The number of ether oxygens (including phenoxy) is 1. The number of para-hydroxylation sites is 2. The third kappa shape index (κ3) is 7.18. The molecule has 0 bridgehead atoms. The van der Waals surface area contributed by atoms with Gasteiger partial charge in [-0.2, -0.15) is 0 Å². The van der Waals surface area contributed by atoms with Crippen molar-refractivity contribution in [2.75, 3.05) is 30.8 Å². The van der Waals surface area contributed by atoms with Gasteiger partial charge in [0.25, 0.3) is 0 Å². The lowest BCUT2D eigenvalue weighted by molar-refractivity contribution is -0.139. The molecule has 2 aromatic carbocycles. The van der Waals surface area contributed by atoms with Crippen molar-refractivity contribution in [2.24, 2.45) is 0 Å². The molecule has 0 heterocycles. The number of carbonyl (C=O) groups excluding carboxylic acids is 2. The van der Waals surface area contributed by atoms with Gasteiger partial charge in [0.1, 0.15) is 24.2 Å². The fourth-order valence-corrected chi connectivity index (χ4v) is 4.05. The molecule has 8 nitrogen and oxygen atoms in total. The van der Waals surface area contributed by atoms with Gasteiger partial charge in [0, 0.05) is 13.1 Å². The van der Waals surface area contributed by atoms with E-state index >= 15 is 0 Å². The van der Waals surface area contributed by atoms with E-state index in [9.17, 15) is 22.4 Å². The molecule has 2 aromatic rings. The highest BCUT2D eigenvalue weighted by molar-refractivity contribution is 7.92. The number of methoxy groups -OCH3 is 1. The van der Waals surface area contributed by atoms with Crippen molar-refractivity contribution in [3.8, 4) is 5.75 Å². The monoisotopic (exact) mass is 479 g/mol. The Morgan fingerprint density at radius 3 is 2.33 bits per heavy atom. The maximum Gasteiger partial charge on any atom is 0.244 e. The van der Waals surface area contributed by atoms with Gasteiger partial charge in [-0.05, 0) is 43.2 Å². The Labute approximate surface area is 194 Å². The van der Waals surface area contributed by atoms with Gasteiger partial charge in [-0.3, -0.25) is 13.9 Å². The summed E-state index contributed by atoms with van der Waals surface area (Å²) in [4.78, 5) is 27.3. The first kappa shape index (κ1) is 26.1. The van der Waals surface area contributed by atoms with E-state index in [4.69, 9.17) is 4.74 Å². The minimum absolute atomic E-state index is 0.00332. The van der Waals surface area contributed by atoms with Crippen molar-refractivity contribution in [1.82, 2.24) is 10.2 Å². The maximum atomic E-state index is 13.4. The predicted molar refractivity (Wildman–Crippen MR) is 125 cm³/mol. The Morgan fingerprint density at radius 1 is 1.12 bits per heavy atom. The number of halogens is 1. The molecular weight excluding hydrogens is 449 g/mol. The third-order valence-electron chi connectivity index (χ3n) is 5.02.